The molecule has 0 fully saturated rings. The summed E-state index contributed by atoms with van der Waals surface area (Å²) >= 11 is 0. The first-order valence-corrected chi connectivity index (χ1v) is 9.13. The van der Waals surface area contributed by atoms with E-state index in [1.54, 1.807) is 0 Å². The molecule has 0 radical (unpaired) electrons. The second-order valence-corrected chi connectivity index (χ2v) is 6.92. The van der Waals surface area contributed by atoms with Gasteiger partial charge in [-0.25, -0.2) is 4.68 Å². The Kier molecular flexibility index (Phi) is 4.51. The van der Waals surface area contributed by atoms with Gasteiger partial charge in [0.05, 0.1) is 17.1 Å². The van der Waals surface area contributed by atoms with E-state index in [2.05, 4.69) is 92.6 Å². The fourth-order valence-corrected chi connectivity index (χ4v) is 3.27. The second-order valence-electron chi connectivity index (χ2n) is 6.92. The number of hydrogen-bond acceptors (Lipinski definition) is 2. The lowest BCUT2D eigenvalue weighted by molar-refractivity contribution is 0.891. The molecular weight excluding hydrogens is 330 g/mol. The normalized spacial score (nSPS) is 10.8. The van der Waals surface area contributed by atoms with Crippen molar-refractivity contribution in [1.82, 2.24) is 9.78 Å². The van der Waals surface area contributed by atoms with Crippen LogP contribution in [-0.2, 0) is 0 Å². The van der Waals surface area contributed by atoms with Crippen molar-refractivity contribution in [2.24, 2.45) is 0 Å². The van der Waals surface area contributed by atoms with E-state index in [4.69, 9.17) is 5.10 Å². The average Bonchev–Trinajstić information content (AvgIpc) is 3.14. The molecule has 0 bridgehead atoms. The number of aromatic nitrogens is 2. The van der Waals surface area contributed by atoms with Gasteiger partial charge < -0.3 is 4.90 Å². The highest BCUT2D eigenvalue weighted by Gasteiger charge is 2.14. The molecule has 134 valence electrons. The average molecular weight is 353 g/mol. The molecule has 0 unspecified atom stereocenters. The molecule has 1 aromatic heterocycles. The molecule has 4 aromatic rings. The van der Waals surface area contributed by atoms with E-state index in [-0.39, 0.29) is 0 Å². The zero-order valence-electron chi connectivity index (χ0n) is 15.9. The highest BCUT2D eigenvalue weighted by Crippen LogP contribution is 2.31. The topological polar surface area (TPSA) is 21.1 Å². The molecule has 0 N–H and O–H groups in total. The van der Waals surface area contributed by atoms with Crippen LogP contribution in [-0.4, -0.2) is 23.9 Å². The molecule has 0 aliphatic rings. The van der Waals surface area contributed by atoms with Crippen LogP contribution in [0.25, 0.3) is 28.2 Å². The van der Waals surface area contributed by atoms with Crippen molar-refractivity contribution < 1.29 is 0 Å². The van der Waals surface area contributed by atoms with Gasteiger partial charge in [0.15, 0.2) is 0 Å². The monoisotopic (exact) mass is 353 g/mol. The number of rotatable bonds is 4. The minimum atomic E-state index is 0.989. The maximum absolute atomic E-state index is 4.95. The van der Waals surface area contributed by atoms with Crippen molar-refractivity contribution in [3.8, 4) is 28.2 Å². The molecule has 3 aromatic carbocycles. The summed E-state index contributed by atoms with van der Waals surface area (Å²) in [5.41, 5.74) is 7.86. The predicted octanol–water partition coefficient (Wildman–Crippen LogP) is 5.58. The minimum Gasteiger partial charge on any atom is -0.378 e. The fourth-order valence-electron chi connectivity index (χ4n) is 3.27. The Labute approximate surface area is 160 Å². The van der Waals surface area contributed by atoms with E-state index < -0.39 is 0 Å². The molecule has 0 saturated carbocycles. The van der Waals surface area contributed by atoms with Gasteiger partial charge in [-0.1, -0.05) is 54.6 Å². The van der Waals surface area contributed by atoms with Crippen molar-refractivity contribution in [3.05, 3.63) is 90.5 Å². The summed E-state index contributed by atoms with van der Waals surface area (Å²) in [6.07, 6.45) is 0. The van der Waals surface area contributed by atoms with Gasteiger partial charge in [-0.15, -0.1) is 0 Å². The van der Waals surface area contributed by atoms with E-state index in [1.807, 2.05) is 22.9 Å². The molecule has 0 aliphatic heterocycles. The predicted molar refractivity (Wildman–Crippen MR) is 114 cm³/mol. The summed E-state index contributed by atoms with van der Waals surface area (Å²) in [6, 6.07) is 29.5. The van der Waals surface area contributed by atoms with Crippen LogP contribution in [0, 0.1) is 6.92 Å². The standard InChI is InChI=1S/C24H23N3/c1-18-9-7-8-12-22(18)23-17-24(19-13-15-20(16-14-19)26(2)3)27(25-23)21-10-5-4-6-11-21/h4-17H,1-3H3. The Morgan fingerprint density at radius 2 is 1.44 bits per heavy atom. The van der Waals surface area contributed by atoms with Crippen LogP contribution in [0.15, 0.2) is 84.9 Å². The Hall–Kier alpha value is -3.33. The summed E-state index contributed by atoms with van der Waals surface area (Å²) < 4.78 is 2.03. The zero-order valence-corrected chi connectivity index (χ0v) is 15.9. The maximum Gasteiger partial charge on any atom is 0.0936 e. The van der Waals surface area contributed by atoms with Gasteiger partial charge in [0.25, 0.3) is 0 Å². The summed E-state index contributed by atoms with van der Waals surface area (Å²) in [6.45, 7) is 2.13. The van der Waals surface area contributed by atoms with E-state index in [0.29, 0.717) is 0 Å². The van der Waals surface area contributed by atoms with E-state index in [1.165, 1.54) is 16.8 Å². The third-order valence-electron chi connectivity index (χ3n) is 4.81. The Morgan fingerprint density at radius 1 is 0.778 bits per heavy atom. The quantitative estimate of drug-likeness (QED) is 0.477. The first-order chi connectivity index (χ1) is 13.1. The van der Waals surface area contributed by atoms with Gasteiger partial charge in [-0.3, -0.25) is 0 Å². The van der Waals surface area contributed by atoms with Gasteiger partial charge in [-0.2, -0.15) is 5.10 Å². The fraction of sp³-hybridized carbons (Fsp3) is 0.125. The van der Waals surface area contributed by atoms with E-state index in [9.17, 15) is 0 Å². The van der Waals surface area contributed by atoms with E-state index >= 15 is 0 Å². The van der Waals surface area contributed by atoms with Crippen LogP contribution in [0.3, 0.4) is 0 Å². The molecule has 0 spiro atoms. The molecular formula is C24H23N3. The molecule has 0 aliphatic carbocycles. The largest absolute Gasteiger partial charge is 0.378 e. The first kappa shape index (κ1) is 17.1. The SMILES string of the molecule is Cc1ccccc1-c1cc(-c2ccc(N(C)C)cc2)n(-c2ccccc2)n1. The highest BCUT2D eigenvalue weighted by atomic mass is 15.3. The Bertz CT molecular complexity index is 1040. The van der Waals surface area contributed by atoms with Crippen LogP contribution in [0.2, 0.25) is 0 Å². The first-order valence-electron chi connectivity index (χ1n) is 9.13. The molecule has 3 nitrogen and oxygen atoms in total. The summed E-state index contributed by atoms with van der Waals surface area (Å²) in [5, 5.41) is 4.95. The lowest BCUT2D eigenvalue weighted by atomic mass is 10.0. The van der Waals surface area contributed by atoms with Crippen molar-refractivity contribution in [1.29, 1.82) is 0 Å². The zero-order chi connectivity index (χ0) is 18.8. The van der Waals surface area contributed by atoms with Crippen LogP contribution in [0.1, 0.15) is 5.56 Å². The van der Waals surface area contributed by atoms with Gasteiger partial charge in [0.2, 0.25) is 0 Å². The third kappa shape index (κ3) is 3.36. The van der Waals surface area contributed by atoms with Crippen molar-refractivity contribution in [3.63, 3.8) is 0 Å². The van der Waals surface area contributed by atoms with Gasteiger partial charge in [-0.05, 0) is 42.8 Å². The van der Waals surface area contributed by atoms with Crippen LogP contribution in [0.5, 0.6) is 0 Å². The lowest BCUT2D eigenvalue weighted by Crippen LogP contribution is -2.08. The van der Waals surface area contributed by atoms with E-state index in [0.717, 1.165) is 22.6 Å². The molecule has 27 heavy (non-hydrogen) atoms. The summed E-state index contributed by atoms with van der Waals surface area (Å²) in [5.74, 6) is 0. The van der Waals surface area contributed by atoms with Crippen LogP contribution in [0.4, 0.5) is 5.69 Å². The molecule has 4 rings (SSSR count). The van der Waals surface area contributed by atoms with Gasteiger partial charge in [0, 0.05) is 30.9 Å². The number of hydrogen-bond donors (Lipinski definition) is 0. The molecule has 3 heteroatoms. The minimum absolute atomic E-state index is 0.989. The van der Waals surface area contributed by atoms with Crippen molar-refractivity contribution in [2.45, 2.75) is 6.92 Å². The highest BCUT2D eigenvalue weighted by molar-refractivity contribution is 5.73. The Balaban J connectivity index is 1.88. The summed E-state index contributed by atoms with van der Waals surface area (Å²) in [7, 11) is 4.11. The second kappa shape index (κ2) is 7.12. The number of para-hydroxylation sites is 1. The Morgan fingerprint density at radius 3 is 2.11 bits per heavy atom. The number of aryl methyl sites for hydroxylation is 1. The van der Waals surface area contributed by atoms with Crippen molar-refractivity contribution in [2.75, 3.05) is 19.0 Å². The summed E-state index contributed by atoms with van der Waals surface area (Å²) in [4.78, 5) is 2.11. The maximum atomic E-state index is 4.95. The van der Waals surface area contributed by atoms with Crippen LogP contribution < -0.4 is 4.90 Å². The third-order valence-corrected chi connectivity index (χ3v) is 4.81. The van der Waals surface area contributed by atoms with Gasteiger partial charge in [0.1, 0.15) is 0 Å². The van der Waals surface area contributed by atoms with Crippen molar-refractivity contribution >= 4 is 5.69 Å². The molecule has 0 atom stereocenters. The number of benzene rings is 3. The lowest BCUT2D eigenvalue weighted by Gasteiger charge is -2.13. The number of nitrogens with zero attached hydrogens (tertiary/aromatic N) is 3. The van der Waals surface area contributed by atoms with Gasteiger partial charge >= 0.3 is 0 Å². The molecule has 1 heterocycles. The van der Waals surface area contributed by atoms with Crippen LogP contribution >= 0.6 is 0 Å². The molecule has 0 saturated heterocycles. The smallest absolute Gasteiger partial charge is 0.0936 e. The molecule has 0 amide bonds. The number of anilines is 1.